The van der Waals surface area contributed by atoms with Crippen LogP contribution in [0, 0.1) is 5.82 Å². The second-order valence-corrected chi connectivity index (χ2v) is 6.56. The van der Waals surface area contributed by atoms with Gasteiger partial charge in [-0.3, -0.25) is 4.99 Å². The number of halogens is 2. The third-order valence-electron chi connectivity index (χ3n) is 3.61. The number of benzene rings is 1. The monoisotopic (exact) mass is 405 g/mol. The molecule has 21 heavy (non-hydrogen) atoms. The lowest BCUT2D eigenvalue weighted by Crippen LogP contribution is -2.49. The third-order valence-corrected chi connectivity index (χ3v) is 3.61. The van der Waals surface area contributed by atoms with Crippen LogP contribution in [0.5, 0.6) is 0 Å². The minimum atomic E-state index is -0.106. The van der Waals surface area contributed by atoms with Crippen molar-refractivity contribution in [3.05, 3.63) is 35.6 Å². The van der Waals surface area contributed by atoms with E-state index in [1.807, 2.05) is 12.1 Å². The number of hydrogen-bond donors (Lipinski definition) is 2. The SMILES string of the molecule is CN=C(NCC1(c2ccccc2F)CC1)NC(C)(C)C.I. The van der Waals surface area contributed by atoms with Crippen LogP contribution < -0.4 is 10.6 Å². The molecule has 0 saturated heterocycles. The largest absolute Gasteiger partial charge is 0.356 e. The van der Waals surface area contributed by atoms with Gasteiger partial charge in [0, 0.05) is 24.5 Å². The summed E-state index contributed by atoms with van der Waals surface area (Å²) in [5, 5.41) is 6.64. The van der Waals surface area contributed by atoms with Gasteiger partial charge in [0.25, 0.3) is 0 Å². The van der Waals surface area contributed by atoms with Crippen molar-refractivity contribution < 1.29 is 4.39 Å². The van der Waals surface area contributed by atoms with Crippen molar-refractivity contribution in [1.82, 2.24) is 10.6 Å². The summed E-state index contributed by atoms with van der Waals surface area (Å²) < 4.78 is 13.9. The Kier molecular flexibility index (Phi) is 6.01. The van der Waals surface area contributed by atoms with E-state index in [9.17, 15) is 4.39 Å². The van der Waals surface area contributed by atoms with Crippen molar-refractivity contribution in [2.75, 3.05) is 13.6 Å². The van der Waals surface area contributed by atoms with Crippen molar-refractivity contribution in [1.29, 1.82) is 0 Å². The fourth-order valence-corrected chi connectivity index (χ4v) is 2.37. The van der Waals surface area contributed by atoms with Gasteiger partial charge in [0.05, 0.1) is 0 Å². The molecule has 0 unspecified atom stereocenters. The molecule has 0 aromatic heterocycles. The van der Waals surface area contributed by atoms with Crippen molar-refractivity contribution >= 4 is 29.9 Å². The molecule has 1 aliphatic carbocycles. The van der Waals surface area contributed by atoms with E-state index in [1.54, 1.807) is 13.1 Å². The zero-order chi connectivity index (χ0) is 14.8. The van der Waals surface area contributed by atoms with Crippen LogP contribution >= 0.6 is 24.0 Å². The predicted octanol–water partition coefficient (Wildman–Crippen LogP) is 3.44. The minimum absolute atomic E-state index is 0. The zero-order valence-electron chi connectivity index (χ0n) is 13.2. The van der Waals surface area contributed by atoms with Crippen LogP contribution in [0.1, 0.15) is 39.2 Å². The smallest absolute Gasteiger partial charge is 0.191 e. The quantitative estimate of drug-likeness (QED) is 0.459. The lowest BCUT2D eigenvalue weighted by Gasteiger charge is -2.25. The van der Waals surface area contributed by atoms with Gasteiger partial charge in [-0.1, -0.05) is 18.2 Å². The van der Waals surface area contributed by atoms with E-state index >= 15 is 0 Å². The molecule has 2 rings (SSSR count). The summed E-state index contributed by atoms with van der Waals surface area (Å²) in [6, 6.07) is 7.07. The van der Waals surface area contributed by atoms with E-state index < -0.39 is 0 Å². The second-order valence-electron chi connectivity index (χ2n) is 6.56. The average molecular weight is 405 g/mol. The van der Waals surface area contributed by atoms with E-state index in [0.717, 1.165) is 24.4 Å². The molecule has 0 bridgehead atoms. The summed E-state index contributed by atoms with van der Waals surface area (Å²) in [5.41, 5.74) is 0.705. The maximum absolute atomic E-state index is 13.9. The van der Waals surface area contributed by atoms with E-state index in [4.69, 9.17) is 0 Å². The molecule has 1 aromatic carbocycles. The van der Waals surface area contributed by atoms with Gasteiger partial charge in [-0.2, -0.15) is 0 Å². The van der Waals surface area contributed by atoms with Crippen LogP contribution in [0.4, 0.5) is 4.39 Å². The second kappa shape index (κ2) is 6.94. The molecular weight excluding hydrogens is 380 g/mol. The van der Waals surface area contributed by atoms with Crippen molar-refractivity contribution in [3.8, 4) is 0 Å². The molecule has 0 aliphatic heterocycles. The fourth-order valence-electron chi connectivity index (χ4n) is 2.37. The van der Waals surface area contributed by atoms with Gasteiger partial charge in [-0.15, -0.1) is 24.0 Å². The number of hydrogen-bond acceptors (Lipinski definition) is 1. The third kappa shape index (κ3) is 4.83. The van der Waals surface area contributed by atoms with E-state index in [0.29, 0.717) is 6.54 Å². The first-order valence-electron chi connectivity index (χ1n) is 7.10. The molecule has 0 spiro atoms. The van der Waals surface area contributed by atoms with Crippen LogP contribution in [-0.2, 0) is 5.41 Å². The minimum Gasteiger partial charge on any atom is -0.356 e. The normalized spacial score (nSPS) is 16.9. The summed E-state index contributed by atoms with van der Waals surface area (Å²) >= 11 is 0. The summed E-state index contributed by atoms with van der Waals surface area (Å²) in [7, 11) is 1.75. The number of guanidine groups is 1. The molecule has 0 atom stereocenters. The number of nitrogens with zero attached hydrogens (tertiary/aromatic N) is 1. The molecule has 1 aliphatic rings. The molecule has 0 amide bonds. The molecular formula is C16H25FIN3. The Morgan fingerprint density at radius 3 is 2.38 bits per heavy atom. The molecule has 2 N–H and O–H groups in total. The van der Waals surface area contributed by atoms with Gasteiger partial charge >= 0.3 is 0 Å². The highest BCUT2D eigenvalue weighted by Gasteiger charge is 2.45. The van der Waals surface area contributed by atoms with Crippen LogP contribution in [0.25, 0.3) is 0 Å². The number of nitrogens with one attached hydrogen (secondary N) is 2. The van der Waals surface area contributed by atoms with Gasteiger partial charge in [0.15, 0.2) is 5.96 Å². The van der Waals surface area contributed by atoms with E-state index in [-0.39, 0.29) is 40.7 Å². The van der Waals surface area contributed by atoms with Crippen LogP contribution in [0.2, 0.25) is 0 Å². The molecule has 118 valence electrons. The number of rotatable bonds is 3. The van der Waals surface area contributed by atoms with Crippen LogP contribution in [0.3, 0.4) is 0 Å². The maximum Gasteiger partial charge on any atom is 0.191 e. The van der Waals surface area contributed by atoms with Crippen LogP contribution in [-0.4, -0.2) is 25.1 Å². The maximum atomic E-state index is 13.9. The van der Waals surface area contributed by atoms with Crippen molar-refractivity contribution in [3.63, 3.8) is 0 Å². The van der Waals surface area contributed by atoms with Gasteiger partial charge < -0.3 is 10.6 Å². The summed E-state index contributed by atoms with van der Waals surface area (Å²) in [5.74, 6) is 0.658. The Labute approximate surface area is 143 Å². The van der Waals surface area contributed by atoms with E-state index in [1.165, 1.54) is 6.07 Å². The first-order valence-corrected chi connectivity index (χ1v) is 7.10. The molecule has 0 radical (unpaired) electrons. The summed E-state index contributed by atoms with van der Waals surface area (Å²) in [6.07, 6.45) is 2.04. The van der Waals surface area contributed by atoms with Gasteiger partial charge in [-0.25, -0.2) is 4.39 Å². The highest BCUT2D eigenvalue weighted by molar-refractivity contribution is 14.0. The zero-order valence-corrected chi connectivity index (χ0v) is 15.5. The number of aliphatic imine (C=N–C) groups is 1. The van der Waals surface area contributed by atoms with Gasteiger partial charge in [0.1, 0.15) is 5.82 Å². The predicted molar refractivity (Wildman–Crippen MR) is 97.0 cm³/mol. The first-order chi connectivity index (χ1) is 9.36. The lowest BCUT2D eigenvalue weighted by molar-refractivity contribution is 0.495. The van der Waals surface area contributed by atoms with E-state index in [2.05, 4.69) is 36.4 Å². The Bertz CT molecular complexity index is 504. The van der Waals surface area contributed by atoms with Crippen molar-refractivity contribution in [2.45, 2.75) is 44.6 Å². The van der Waals surface area contributed by atoms with Crippen molar-refractivity contribution in [2.24, 2.45) is 4.99 Å². The fraction of sp³-hybridized carbons (Fsp3) is 0.562. The topological polar surface area (TPSA) is 36.4 Å². The molecule has 0 heterocycles. The van der Waals surface area contributed by atoms with Crippen LogP contribution in [0.15, 0.2) is 29.3 Å². The standard InChI is InChI=1S/C16H24FN3.HI/c1-15(2,3)20-14(18-4)19-11-16(9-10-16)12-7-5-6-8-13(12)17;/h5-8H,9-11H2,1-4H3,(H2,18,19,20);1H. The average Bonchev–Trinajstić information content (AvgIpc) is 3.15. The summed E-state index contributed by atoms with van der Waals surface area (Å²) in [6.45, 7) is 6.97. The first kappa shape index (κ1) is 18.2. The summed E-state index contributed by atoms with van der Waals surface area (Å²) in [4.78, 5) is 4.22. The van der Waals surface area contributed by atoms with Gasteiger partial charge in [0.2, 0.25) is 0 Å². The Balaban J connectivity index is 0.00000220. The molecule has 1 fully saturated rings. The highest BCUT2D eigenvalue weighted by Crippen LogP contribution is 2.48. The Morgan fingerprint density at radius 2 is 1.90 bits per heavy atom. The Morgan fingerprint density at radius 1 is 1.29 bits per heavy atom. The molecule has 5 heteroatoms. The molecule has 1 aromatic rings. The highest BCUT2D eigenvalue weighted by atomic mass is 127. The molecule has 3 nitrogen and oxygen atoms in total. The van der Waals surface area contributed by atoms with Gasteiger partial charge in [-0.05, 0) is 45.2 Å². The molecule has 1 saturated carbocycles. The Hall–Kier alpha value is -0.850. The lowest BCUT2D eigenvalue weighted by atomic mass is 9.95.